The van der Waals surface area contributed by atoms with Gasteiger partial charge < -0.3 is 4.74 Å². The van der Waals surface area contributed by atoms with Crippen molar-refractivity contribution in [3.8, 4) is 16.9 Å². The van der Waals surface area contributed by atoms with Crippen LogP contribution in [0.4, 0.5) is 0 Å². The molecule has 2 aromatic carbocycles. The van der Waals surface area contributed by atoms with Gasteiger partial charge in [-0.25, -0.2) is 0 Å². The highest BCUT2D eigenvalue weighted by atomic mass is 35.5. The maximum atomic E-state index is 11.0. The number of ether oxygens (including phenoxy) is 1. The lowest BCUT2D eigenvalue weighted by atomic mass is 10.1. The largest absolute Gasteiger partial charge is 0.426 e. The minimum atomic E-state index is -0.327. The third kappa shape index (κ3) is 2.86. The normalized spacial score (nSPS) is 10.0. The molecule has 0 radical (unpaired) electrons. The lowest BCUT2D eigenvalue weighted by Gasteiger charge is -2.08. The zero-order valence-electron chi connectivity index (χ0n) is 9.31. The fraction of sp³-hybridized carbons (Fsp3) is 0.0714. The summed E-state index contributed by atoms with van der Waals surface area (Å²) < 4.78 is 5.16. The van der Waals surface area contributed by atoms with E-state index in [2.05, 4.69) is 0 Å². The predicted octanol–water partition coefficient (Wildman–Crippen LogP) is 3.93. The highest BCUT2D eigenvalue weighted by Crippen LogP contribution is 2.30. The first-order valence-electron chi connectivity index (χ1n) is 5.20. The molecule has 0 spiro atoms. The molecule has 0 aromatic heterocycles. The summed E-state index contributed by atoms with van der Waals surface area (Å²) in [5.41, 5.74) is 1.84. The van der Waals surface area contributed by atoms with E-state index in [1.54, 1.807) is 18.2 Å². The first kappa shape index (κ1) is 11.7. The quantitative estimate of drug-likeness (QED) is 0.593. The Morgan fingerprint density at radius 2 is 1.71 bits per heavy atom. The molecule has 0 aliphatic heterocycles. The van der Waals surface area contributed by atoms with Gasteiger partial charge in [-0.2, -0.15) is 0 Å². The Morgan fingerprint density at radius 1 is 1.06 bits per heavy atom. The molecule has 0 heterocycles. The van der Waals surface area contributed by atoms with Gasteiger partial charge in [0.2, 0.25) is 0 Å². The highest BCUT2D eigenvalue weighted by molar-refractivity contribution is 6.30. The monoisotopic (exact) mass is 246 g/mol. The van der Waals surface area contributed by atoms with Crippen molar-refractivity contribution in [2.24, 2.45) is 0 Å². The van der Waals surface area contributed by atoms with E-state index in [9.17, 15) is 4.79 Å². The predicted molar refractivity (Wildman–Crippen MR) is 68.2 cm³/mol. The summed E-state index contributed by atoms with van der Waals surface area (Å²) in [6.07, 6.45) is 0. The number of benzene rings is 2. The van der Waals surface area contributed by atoms with Crippen LogP contribution in [-0.2, 0) is 4.79 Å². The third-order valence-electron chi connectivity index (χ3n) is 2.30. The Bertz CT molecular complexity index is 532. The lowest BCUT2D eigenvalue weighted by Crippen LogP contribution is -2.02. The Morgan fingerprint density at radius 3 is 2.35 bits per heavy atom. The van der Waals surface area contributed by atoms with Gasteiger partial charge in [-0.1, -0.05) is 41.9 Å². The first-order chi connectivity index (χ1) is 8.16. The Kier molecular flexibility index (Phi) is 3.45. The molecule has 0 amide bonds. The second-order valence-corrected chi connectivity index (χ2v) is 4.03. The number of carbonyl (C=O) groups excluding carboxylic acids is 1. The molecule has 0 saturated heterocycles. The molecule has 0 atom stereocenters. The average Bonchev–Trinajstić information content (AvgIpc) is 2.30. The van der Waals surface area contributed by atoms with Gasteiger partial charge in [0, 0.05) is 17.5 Å². The van der Waals surface area contributed by atoms with Crippen molar-refractivity contribution in [2.75, 3.05) is 0 Å². The summed E-state index contributed by atoms with van der Waals surface area (Å²) in [7, 11) is 0. The molecule has 0 aliphatic rings. The van der Waals surface area contributed by atoms with E-state index in [-0.39, 0.29) is 5.97 Å². The van der Waals surface area contributed by atoms with Gasteiger partial charge in [0.15, 0.2) is 0 Å². The van der Waals surface area contributed by atoms with Gasteiger partial charge in [-0.3, -0.25) is 4.79 Å². The summed E-state index contributed by atoms with van der Waals surface area (Å²) >= 11 is 5.84. The van der Waals surface area contributed by atoms with Crippen molar-refractivity contribution >= 4 is 17.6 Å². The van der Waals surface area contributed by atoms with Crippen LogP contribution in [0.2, 0.25) is 5.02 Å². The van der Waals surface area contributed by atoms with Crippen molar-refractivity contribution in [3.63, 3.8) is 0 Å². The van der Waals surface area contributed by atoms with Crippen LogP contribution in [0.5, 0.6) is 5.75 Å². The van der Waals surface area contributed by atoms with Crippen molar-refractivity contribution in [3.05, 3.63) is 53.6 Å². The third-order valence-corrected chi connectivity index (χ3v) is 2.55. The van der Waals surface area contributed by atoms with Crippen LogP contribution in [0.3, 0.4) is 0 Å². The van der Waals surface area contributed by atoms with Gasteiger partial charge in [0.25, 0.3) is 0 Å². The Labute approximate surface area is 105 Å². The average molecular weight is 247 g/mol. The standard InChI is InChI=1S/C14H11ClO2/c1-10(16)17-14-5-3-2-4-13(14)11-6-8-12(15)9-7-11/h2-9H,1H3. The van der Waals surface area contributed by atoms with Crippen molar-refractivity contribution in [2.45, 2.75) is 6.92 Å². The first-order valence-corrected chi connectivity index (χ1v) is 5.58. The Hall–Kier alpha value is -1.80. The van der Waals surface area contributed by atoms with E-state index in [0.29, 0.717) is 10.8 Å². The van der Waals surface area contributed by atoms with Crippen LogP contribution in [0.15, 0.2) is 48.5 Å². The minimum Gasteiger partial charge on any atom is -0.426 e. The fourth-order valence-corrected chi connectivity index (χ4v) is 1.70. The minimum absolute atomic E-state index is 0.327. The molecule has 86 valence electrons. The molecule has 0 saturated carbocycles. The molecule has 0 aliphatic carbocycles. The van der Waals surface area contributed by atoms with E-state index >= 15 is 0 Å². The van der Waals surface area contributed by atoms with E-state index in [1.165, 1.54) is 6.92 Å². The van der Waals surface area contributed by atoms with Gasteiger partial charge in [-0.15, -0.1) is 0 Å². The molecule has 2 nitrogen and oxygen atoms in total. The summed E-state index contributed by atoms with van der Waals surface area (Å²) in [5.74, 6) is 0.230. The summed E-state index contributed by atoms with van der Waals surface area (Å²) in [6, 6.07) is 14.8. The van der Waals surface area contributed by atoms with Gasteiger partial charge in [-0.05, 0) is 23.8 Å². The second-order valence-electron chi connectivity index (χ2n) is 3.60. The fourth-order valence-electron chi connectivity index (χ4n) is 1.58. The smallest absolute Gasteiger partial charge is 0.308 e. The molecule has 0 N–H and O–H groups in total. The van der Waals surface area contributed by atoms with Crippen molar-refractivity contribution in [1.29, 1.82) is 0 Å². The van der Waals surface area contributed by atoms with E-state index in [1.807, 2.05) is 30.3 Å². The van der Waals surface area contributed by atoms with E-state index in [4.69, 9.17) is 16.3 Å². The van der Waals surface area contributed by atoms with Gasteiger partial charge in [0.1, 0.15) is 5.75 Å². The SMILES string of the molecule is CC(=O)Oc1ccccc1-c1ccc(Cl)cc1. The molecule has 2 rings (SSSR count). The molecule has 2 aromatic rings. The van der Waals surface area contributed by atoms with E-state index in [0.717, 1.165) is 11.1 Å². The number of rotatable bonds is 2. The molecule has 3 heteroatoms. The molecule has 17 heavy (non-hydrogen) atoms. The maximum absolute atomic E-state index is 11.0. The van der Waals surface area contributed by atoms with E-state index < -0.39 is 0 Å². The second kappa shape index (κ2) is 5.02. The molecule has 0 fully saturated rings. The van der Waals surface area contributed by atoms with Crippen LogP contribution < -0.4 is 4.74 Å². The number of halogens is 1. The van der Waals surface area contributed by atoms with Crippen LogP contribution in [0.1, 0.15) is 6.92 Å². The lowest BCUT2D eigenvalue weighted by molar-refractivity contribution is -0.131. The number of hydrogen-bond acceptors (Lipinski definition) is 2. The zero-order valence-corrected chi connectivity index (χ0v) is 10.1. The van der Waals surface area contributed by atoms with Gasteiger partial charge >= 0.3 is 5.97 Å². The number of hydrogen-bond donors (Lipinski definition) is 0. The van der Waals surface area contributed by atoms with Crippen LogP contribution in [-0.4, -0.2) is 5.97 Å². The summed E-state index contributed by atoms with van der Waals surface area (Å²) in [4.78, 5) is 11.0. The van der Waals surface area contributed by atoms with Crippen molar-refractivity contribution in [1.82, 2.24) is 0 Å². The van der Waals surface area contributed by atoms with Crippen molar-refractivity contribution < 1.29 is 9.53 Å². The zero-order chi connectivity index (χ0) is 12.3. The van der Waals surface area contributed by atoms with Crippen LogP contribution >= 0.6 is 11.6 Å². The Balaban J connectivity index is 2.44. The highest BCUT2D eigenvalue weighted by Gasteiger charge is 2.07. The summed E-state index contributed by atoms with van der Waals surface area (Å²) in [5, 5.41) is 0.679. The summed E-state index contributed by atoms with van der Waals surface area (Å²) in [6.45, 7) is 1.39. The topological polar surface area (TPSA) is 26.3 Å². The van der Waals surface area contributed by atoms with Gasteiger partial charge in [0.05, 0.1) is 0 Å². The molecule has 0 unspecified atom stereocenters. The number of para-hydroxylation sites is 1. The van der Waals surface area contributed by atoms with Crippen LogP contribution in [0, 0.1) is 0 Å². The molecular formula is C14H11ClO2. The number of carbonyl (C=O) groups is 1. The molecule has 0 bridgehead atoms. The van der Waals surface area contributed by atoms with Crippen LogP contribution in [0.25, 0.3) is 11.1 Å². The molecular weight excluding hydrogens is 236 g/mol. The maximum Gasteiger partial charge on any atom is 0.308 e. The number of esters is 1.